The lowest BCUT2D eigenvalue weighted by molar-refractivity contribution is 0.589. The topological polar surface area (TPSA) is 32.8 Å². The molecular weight excluding hydrogens is 864 g/mol. The highest BCUT2D eigenvalue weighted by molar-refractivity contribution is 7.00. The molecule has 13 rings (SSSR count). The van der Waals surface area contributed by atoms with Gasteiger partial charge in [0.05, 0.1) is 0 Å². The Hall–Kier alpha value is -7.76. The SMILES string of the molecule is CC(C)(C)c1ccc(N2c3cc(C(C)(C)C)ccc3B3c4cc(-c5cccc6oc7ccccc7c56)ccc4N(c4ccc(-c5cccc6oc7ccccc7c56)cc4)c4cc(C(C)(C)C)cc2c43)cc1. The lowest BCUT2D eigenvalue weighted by atomic mass is 9.33. The quantitative estimate of drug-likeness (QED) is 0.165. The molecule has 0 atom stereocenters. The van der Waals surface area contributed by atoms with Crippen molar-refractivity contribution in [2.45, 2.75) is 78.6 Å². The number of fused-ring (bicyclic) bond motifs is 10. The number of furan rings is 2. The summed E-state index contributed by atoms with van der Waals surface area (Å²) in [6.07, 6.45) is 0. The van der Waals surface area contributed by atoms with Crippen LogP contribution in [-0.4, -0.2) is 6.71 Å². The van der Waals surface area contributed by atoms with Gasteiger partial charge in [0.25, 0.3) is 6.71 Å². The zero-order valence-corrected chi connectivity index (χ0v) is 42.1. The molecule has 0 radical (unpaired) electrons. The summed E-state index contributed by atoms with van der Waals surface area (Å²) in [4.78, 5) is 5.12. The fourth-order valence-electron chi connectivity index (χ4n) is 11.6. The van der Waals surface area contributed by atoms with Gasteiger partial charge in [-0.05, 0) is 144 Å². The van der Waals surface area contributed by atoms with Crippen LogP contribution < -0.4 is 26.2 Å². The molecule has 9 aromatic carbocycles. The Morgan fingerprint density at radius 2 is 0.817 bits per heavy atom. The summed E-state index contributed by atoms with van der Waals surface area (Å²) < 4.78 is 12.8. The van der Waals surface area contributed by atoms with E-state index in [2.05, 4.69) is 248 Å². The van der Waals surface area contributed by atoms with Crippen molar-refractivity contribution in [2.75, 3.05) is 9.80 Å². The second-order valence-electron chi connectivity index (χ2n) is 23.0. The van der Waals surface area contributed by atoms with Gasteiger partial charge in [-0.25, -0.2) is 0 Å². The Morgan fingerprint density at radius 3 is 1.38 bits per heavy atom. The Balaban J connectivity index is 1.09. The number of para-hydroxylation sites is 2. The second kappa shape index (κ2) is 15.4. The van der Waals surface area contributed by atoms with Crippen LogP contribution in [0.5, 0.6) is 0 Å². The molecule has 4 nitrogen and oxygen atoms in total. The first-order valence-corrected chi connectivity index (χ1v) is 25.2. The van der Waals surface area contributed by atoms with Gasteiger partial charge < -0.3 is 18.6 Å². The first-order chi connectivity index (χ1) is 34.1. The number of anilines is 6. The van der Waals surface area contributed by atoms with Crippen molar-refractivity contribution < 1.29 is 8.83 Å². The maximum Gasteiger partial charge on any atom is 0.252 e. The molecule has 0 fully saturated rings. The monoisotopic (exact) mass is 920 g/mol. The van der Waals surface area contributed by atoms with Crippen LogP contribution in [0.3, 0.4) is 0 Å². The smallest absolute Gasteiger partial charge is 0.252 e. The molecule has 5 heteroatoms. The molecular formula is C66H57BN2O2. The molecule has 2 aliphatic heterocycles. The lowest BCUT2D eigenvalue weighted by Gasteiger charge is -2.45. The van der Waals surface area contributed by atoms with Crippen molar-refractivity contribution in [1.29, 1.82) is 0 Å². The number of rotatable bonds is 4. The number of benzene rings is 9. The predicted molar refractivity (Wildman–Crippen MR) is 302 cm³/mol. The van der Waals surface area contributed by atoms with Crippen molar-refractivity contribution in [2.24, 2.45) is 0 Å². The van der Waals surface area contributed by atoms with Crippen molar-refractivity contribution >= 4 is 101 Å². The zero-order valence-electron chi connectivity index (χ0n) is 42.1. The molecule has 0 aliphatic carbocycles. The number of hydrogen-bond acceptors (Lipinski definition) is 4. The van der Waals surface area contributed by atoms with Gasteiger partial charge in [-0.3, -0.25) is 0 Å². The standard InChI is InChI=1S/C66H57BN2O2/c1-64(2,3)42-27-32-46(33-28-42)69-54-37-43(65(4,5)6)29-34-51(54)67-52-36-41(48-19-15-23-60-62(48)50-17-11-13-21-58(50)71-60)26-35-53(52)68(55-38-44(66(7,8)9)39-56(69)63(55)67)45-30-24-40(25-31-45)47-18-14-22-59-61(47)49-16-10-12-20-57(49)70-59/h10-39H,1-9H3. The van der Waals surface area contributed by atoms with Crippen LogP contribution in [0.2, 0.25) is 0 Å². The molecule has 346 valence electrons. The lowest BCUT2D eigenvalue weighted by Crippen LogP contribution is -2.61. The maximum absolute atomic E-state index is 6.48. The fourth-order valence-corrected chi connectivity index (χ4v) is 11.6. The molecule has 2 aliphatic rings. The molecule has 4 heterocycles. The summed E-state index contributed by atoms with van der Waals surface area (Å²) in [5, 5.41) is 4.55. The summed E-state index contributed by atoms with van der Waals surface area (Å²) in [6, 6.07) is 67.7. The molecule has 71 heavy (non-hydrogen) atoms. The first kappa shape index (κ1) is 43.3. The van der Waals surface area contributed by atoms with Gasteiger partial charge in [0.2, 0.25) is 0 Å². The molecule has 0 unspecified atom stereocenters. The van der Waals surface area contributed by atoms with Crippen molar-refractivity contribution in [1.82, 2.24) is 0 Å². The number of hydrogen-bond donors (Lipinski definition) is 0. The highest BCUT2D eigenvalue weighted by Crippen LogP contribution is 2.48. The number of nitrogens with zero attached hydrogens (tertiary/aromatic N) is 2. The van der Waals surface area contributed by atoms with E-state index in [1.165, 1.54) is 67.0 Å². The van der Waals surface area contributed by atoms with Gasteiger partial charge >= 0.3 is 0 Å². The Morgan fingerprint density at radius 1 is 0.352 bits per heavy atom. The third-order valence-corrected chi connectivity index (χ3v) is 15.3. The first-order valence-electron chi connectivity index (χ1n) is 25.2. The summed E-state index contributed by atoms with van der Waals surface area (Å²) in [7, 11) is 0. The van der Waals surface area contributed by atoms with Crippen LogP contribution in [0.25, 0.3) is 66.1 Å². The Labute approximate surface area is 417 Å². The molecule has 0 N–H and O–H groups in total. The van der Waals surface area contributed by atoms with E-state index in [9.17, 15) is 0 Å². The Bertz CT molecular complexity index is 3950. The van der Waals surface area contributed by atoms with E-state index >= 15 is 0 Å². The molecule has 2 aromatic heterocycles. The van der Waals surface area contributed by atoms with Crippen molar-refractivity contribution in [3.8, 4) is 22.3 Å². The minimum Gasteiger partial charge on any atom is -0.456 e. The molecule has 0 saturated carbocycles. The van der Waals surface area contributed by atoms with Gasteiger partial charge in [0, 0.05) is 55.7 Å². The van der Waals surface area contributed by atoms with E-state index in [4.69, 9.17) is 8.83 Å². The predicted octanol–water partition coefficient (Wildman–Crippen LogP) is 16.8. The molecule has 11 aromatic rings. The van der Waals surface area contributed by atoms with Crippen molar-refractivity contribution in [3.05, 3.63) is 199 Å². The van der Waals surface area contributed by atoms with Gasteiger partial charge in [-0.2, -0.15) is 0 Å². The zero-order chi connectivity index (χ0) is 48.7. The van der Waals surface area contributed by atoms with Crippen LogP contribution in [0.1, 0.15) is 79.0 Å². The maximum atomic E-state index is 6.48. The molecule has 0 spiro atoms. The third-order valence-electron chi connectivity index (χ3n) is 15.3. The van der Waals surface area contributed by atoms with Gasteiger partial charge in [0.1, 0.15) is 22.3 Å². The van der Waals surface area contributed by atoms with Crippen molar-refractivity contribution in [3.63, 3.8) is 0 Å². The minimum atomic E-state index is -0.145. The summed E-state index contributed by atoms with van der Waals surface area (Å²) >= 11 is 0. The van der Waals surface area contributed by atoms with E-state index in [0.717, 1.165) is 66.4 Å². The van der Waals surface area contributed by atoms with Crippen LogP contribution in [0.15, 0.2) is 191 Å². The van der Waals surface area contributed by atoms with Crippen LogP contribution in [-0.2, 0) is 16.2 Å². The Kier molecular flexibility index (Phi) is 9.37. The average Bonchev–Trinajstić information content (AvgIpc) is 3.94. The van der Waals surface area contributed by atoms with E-state index < -0.39 is 0 Å². The highest BCUT2D eigenvalue weighted by atomic mass is 16.3. The summed E-state index contributed by atoms with van der Waals surface area (Å²) in [5.41, 5.74) is 23.0. The molecule has 0 saturated heterocycles. The van der Waals surface area contributed by atoms with Gasteiger partial charge in [-0.15, -0.1) is 0 Å². The largest absolute Gasteiger partial charge is 0.456 e. The van der Waals surface area contributed by atoms with E-state index in [1.54, 1.807) is 0 Å². The normalized spacial score (nSPS) is 13.6. The summed E-state index contributed by atoms with van der Waals surface area (Å²) in [6.45, 7) is 20.8. The minimum absolute atomic E-state index is 0.0253. The second-order valence-corrected chi connectivity index (χ2v) is 23.0. The summed E-state index contributed by atoms with van der Waals surface area (Å²) in [5.74, 6) is 0. The third kappa shape index (κ3) is 6.80. The highest BCUT2D eigenvalue weighted by Gasteiger charge is 2.45. The van der Waals surface area contributed by atoms with Crippen LogP contribution >= 0.6 is 0 Å². The molecule has 0 amide bonds. The van der Waals surface area contributed by atoms with E-state index in [0.29, 0.717) is 0 Å². The van der Waals surface area contributed by atoms with Crippen LogP contribution in [0.4, 0.5) is 34.1 Å². The van der Waals surface area contributed by atoms with Gasteiger partial charge in [0.15, 0.2) is 0 Å². The van der Waals surface area contributed by atoms with Crippen LogP contribution in [0, 0.1) is 0 Å². The van der Waals surface area contributed by atoms with E-state index in [1.807, 2.05) is 6.07 Å². The average molecular weight is 921 g/mol. The fraction of sp³-hybridized carbons (Fsp3) is 0.182. The van der Waals surface area contributed by atoms with Gasteiger partial charge in [-0.1, -0.05) is 172 Å². The van der Waals surface area contributed by atoms with E-state index in [-0.39, 0.29) is 23.0 Å². The molecule has 0 bridgehead atoms.